The number of hydrogen-bond donors (Lipinski definition) is 2. The number of carbonyl (C=O) groups excluding carboxylic acids is 1. The number of aryl methyl sites for hydroxylation is 2. The van der Waals surface area contributed by atoms with Gasteiger partial charge in [-0.15, -0.1) is 0 Å². The second kappa shape index (κ2) is 7.91. The largest absolute Gasteiger partial charge is 0.379 e. The van der Waals surface area contributed by atoms with E-state index in [2.05, 4.69) is 22.4 Å². The lowest BCUT2D eigenvalue weighted by Crippen LogP contribution is -2.13. The zero-order chi connectivity index (χ0) is 18.6. The molecule has 5 nitrogen and oxygen atoms in total. The summed E-state index contributed by atoms with van der Waals surface area (Å²) in [5, 5.41) is 3.37. The molecule has 1 aromatic carbocycles. The van der Waals surface area contributed by atoms with Crippen molar-refractivity contribution in [1.82, 2.24) is 4.98 Å². The molecule has 1 fully saturated rings. The van der Waals surface area contributed by atoms with Crippen LogP contribution < -0.4 is 11.1 Å². The van der Waals surface area contributed by atoms with Crippen molar-refractivity contribution in [2.45, 2.75) is 32.2 Å². The molecule has 136 valence electrons. The van der Waals surface area contributed by atoms with Gasteiger partial charge in [0.05, 0.1) is 5.54 Å². The number of nitrogens with two attached hydrogens (primary N) is 1. The number of pyridine rings is 1. The maximum Gasteiger partial charge on any atom is 0.211 e. The quantitative estimate of drug-likeness (QED) is 0.811. The Labute approximate surface area is 158 Å². The summed E-state index contributed by atoms with van der Waals surface area (Å²) in [5.74, 6) is 1.64. The Morgan fingerprint density at radius 1 is 1.31 bits per heavy atom. The molecule has 2 aromatic rings. The topological polar surface area (TPSA) is 80.4 Å². The third-order valence-electron chi connectivity index (χ3n) is 4.75. The number of amidine groups is 1. The first-order valence-corrected chi connectivity index (χ1v) is 9.70. The van der Waals surface area contributed by atoms with Crippen molar-refractivity contribution in [1.29, 1.82) is 0 Å². The summed E-state index contributed by atoms with van der Waals surface area (Å²) < 4.78 is 0. The van der Waals surface area contributed by atoms with Gasteiger partial charge < -0.3 is 11.1 Å². The van der Waals surface area contributed by atoms with E-state index in [0.717, 1.165) is 35.5 Å². The number of anilines is 1. The van der Waals surface area contributed by atoms with Crippen molar-refractivity contribution >= 4 is 29.0 Å². The van der Waals surface area contributed by atoms with E-state index in [-0.39, 0.29) is 5.54 Å². The molecule has 0 spiro atoms. The number of fused-ring (bicyclic) bond motifs is 1. The van der Waals surface area contributed by atoms with Crippen LogP contribution in [0.25, 0.3) is 0 Å². The van der Waals surface area contributed by atoms with E-state index < -0.39 is 0 Å². The van der Waals surface area contributed by atoms with Gasteiger partial charge >= 0.3 is 0 Å². The first-order valence-electron chi connectivity index (χ1n) is 8.71. The highest BCUT2D eigenvalue weighted by atomic mass is 32.2. The lowest BCUT2D eigenvalue weighted by molar-refractivity contribution is -0.105. The molecule has 1 aromatic heterocycles. The van der Waals surface area contributed by atoms with E-state index in [4.69, 9.17) is 10.7 Å². The molecular formula is C20H24N4OS. The minimum Gasteiger partial charge on any atom is -0.379 e. The van der Waals surface area contributed by atoms with E-state index in [1.807, 2.05) is 44.3 Å². The van der Waals surface area contributed by atoms with Gasteiger partial charge in [-0.1, -0.05) is 30.0 Å². The molecule has 1 aliphatic carbocycles. The summed E-state index contributed by atoms with van der Waals surface area (Å²) in [6.45, 7) is 4.02. The number of nitrogens with zero attached hydrogens (tertiary/aromatic N) is 2. The number of hydrogen-bond acceptors (Lipinski definition) is 5. The molecule has 3 N–H and O–H groups in total. The Balaban J connectivity index is 0.000000206. The Bertz CT molecular complexity index is 785. The van der Waals surface area contributed by atoms with Gasteiger partial charge in [0.1, 0.15) is 0 Å². The Morgan fingerprint density at radius 3 is 2.85 bits per heavy atom. The highest BCUT2D eigenvalue weighted by Gasteiger charge is 2.56. The van der Waals surface area contributed by atoms with Gasteiger partial charge in [-0.25, -0.2) is 0 Å². The molecule has 2 heterocycles. The zero-order valence-electron chi connectivity index (χ0n) is 15.1. The van der Waals surface area contributed by atoms with Crippen LogP contribution in [0.4, 0.5) is 5.69 Å². The highest BCUT2D eigenvalue weighted by Crippen LogP contribution is 2.59. The number of nitrogens with one attached hydrogen (secondary N) is 1. The van der Waals surface area contributed by atoms with Gasteiger partial charge in [0.2, 0.25) is 6.41 Å². The minimum absolute atomic E-state index is 0.131. The third-order valence-corrected chi connectivity index (χ3v) is 5.57. The molecule has 6 heteroatoms. The van der Waals surface area contributed by atoms with Crippen LogP contribution in [0.1, 0.15) is 29.7 Å². The lowest BCUT2D eigenvalue weighted by atomic mass is 10.0. The molecule has 2 unspecified atom stereocenters. The molecule has 2 aliphatic rings. The van der Waals surface area contributed by atoms with Crippen LogP contribution in [0.15, 0.2) is 47.6 Å². The molecule has 0 radical (unpaired) electrons. The normalized spacial score (nSPS) is 23.5. The number of aromatic nitrogens is 1. The monoisotopic (exact) mass is 368 g/mol. The first kappa shape index (κ1) is 18.5. The predicted molar refractivity (Wildman–Crippen MR) is 108 cm³/mol. The number of amides is 1. The highest BCUT2D eigenvalue weighted by molar-refractivity contribution is 8.13. The summed E-state index contributed by atoms with van der Waals surface area (Å²) in [6, 6.07) is 12.0. The summed E-state index contributed by atoms with van der Waals surface area (Å²) in [6.07, 6.45) is 4.79. The molecule has 1 saturated carbocycles. The van der Waals surface area contributed by atoms with Crippen molar-refractivity contribution in [3.63, 3.8) is 0 Å². The SMILES string of the molecule is Cc1ccc(C)nc1.NC1=NC2(c3cccc(NC=O)c3)CC2CCS1. The lowest BCUT2D eigenvalue weighted by Gasteiger charge is -2.13. The number of thioether (sulfide) groups is 1. The van der Waals surface area contributed by atoms with E-state index in [1.54, 1.807) is 11.8 Å². The summed E-state index contributed by atoms with van der Waals surface area (Å²) in [5.41, 5.74) is 10.0. The first-order chi connectivity index (χ1) is 12.5. The molecular weight excluding hydrogens is 344 g/mol. The Kier molecular flexibility index (Phi) is 5.61. The van der Waals surface area contributed by atoms with Gasteiger partial charge in [-0.3, -0.25) is 14.8 Å². The molecule has 0 bridgehead atoms. The maximum atomic E-state index is 10.5. The van der Waals surface area contributed by atoms with Crippen LogP contribution in [0.2, 0.25) is 0 Å². The van der Waals surface area contributed by atoms with Crippen LogP contribution in [-0.4, -0.2) is 22.3 Å². The van der Waals surface area contributed by atoms with Crippen molar-refractivity contribution < 1.29 is 4.79 Å². The molecule has 1 amide bonds. The Morgan fingerprint density at radius 2 is 2.15 bits per heavy atom. The average molecular weight is 369 g/mol. The molecule has 26 heavy (non-hydrogen) atoms. The average Bonchev–Trinajstić information content (AvgIpc) is 3.34. The molecule has 1 aliphatic heterocycles. The fourth-order valence-electron chi connectivity index (χ4n) is 3.24. The van der Waals surface area contributed by atoms with Crippen molar-refractivity contribution in [3.8, 4) is 0 Å². The molecule has 2 atom stereocenters. The van der Waals surface area contributed by atoms with Crippen LogP contribution in [-0.2, 0) is 10.3 Å². The summed E-state index contributed by atoms with van der Waals surface area (Å²) in [7, 11) is 0. The minimum atomic E-state index is -0.131. The van der Waals surface area contributed by atoms with E-state index in [1.165, 1.54) is 5.56 Å². The number of benzene rings is 1. The molecule has 4 rings (SSSR count). The van der Waals surface area contributed by atoms with Crippen LogP contribution in [0.3, 0.4) is 0 Å². The summed E-state index contributed by atoms with van der Waals surface area (Å²) >= 11 is 1.64. The predicted octanol–water partition coefficient (Wildman–Crippen LogP) is 3.62. The third kappa shape index (κ3) is 4.25. The zero-order valence-corrected chi connectivity index (χ0v) is 15.9. The fourth-order valence-corrected chi connectivity index (χ4v) is 4.07. The number of rotatable bonds is 3. The standard InChI is InChI=1S/C13H15N3OS.C7H9N/c14-12-16-13(7-10(13)4-5-18-12)9-2-1-3-11(6-9)15-8-17;1-6-3-4-7(2)8-5-6/h1-3,6,8,10H,4-5,7H2,(H2,14,16)(H,15,17);3-5H,1-2H3. The number of aliphatic imine (C=N–C) groups is 1. The van der Waals surface area contributed by atoms with Crippen molar-refractivity contribution in [2.75, 3.05) is 11.1 Å². The van der Waals surface area contributed by atoms with Gasteiger partial charge in [0, 0.05) is 23.3 Å². The van der Waals surface area contributed by atoms with Gasteiger partial charge in [-0.05, 0) is 61.9 Å². The molecule has 0 saturated heterocycles. The van der Waals surface area contributed by atoms with Crippen LogP contribution in [0, 0.1) is 19.8 Å². The fraction of sp³-hybridized carbons (Fsp3) is 0.350. The van der Waals surface area contributed by atoms with E-state index in [9.17, 15) is 4.79 Å². The Hall–Kier alpha value is -2.34. The smallest absolute Gasteiger partial charge is 0.211 e. The summed E-state index contributed by atoms with van der Waals surface area (Å²) in [4.78, 5) is 19.3. The van der Waals surface area contributed by atoms with Crippen LogP contribution >= 0.6 is 11.8 Å². The number of carbonyl (C=O) groups is 1. The van der Waals surface area contributed by atoms with E-state index >= 15 is 0 Å². The van der Waals surface area contributed by atoms with Crippen molar-refractivity contribution in [2.24, 2.45) is 16.6 Å². The van der Waals surface area contributed by atoms with Crippen molar-refractivity contribution in [3.05, 3.63) is 59.4 Å². The van der Waals surface area contributed by atoms with Gasteiger partial charge in [-0.2, -0.15) is 0 Å². The van der Waals surface area contributed by atoms with Crippen LogP contribution in [0.5, 0.6) is 0 Å². The second-order valence-electron chi connectivity index (χ2n) is 6.73. The second-order valence-corrected chi connectivity index (χ2v) is 7.85. The van der Waals surface area contributed by atoms with Gasteiger partial charge in [0.15, 0.2) is 5.17 Å². The van der Waals surface area contributed by atoms with Gasteiger partial charge in [0.25, 0.3) is 0 Å². The van der Waals surface area contributed by atoms with E-state index in [0.29, 0.717) is 17.5 Å². The maximum absolute atomic E-state index is 10.5.